The maximum Gasteiger partial charge on any atom is 0.243 e. The van der Waals surface area contributed by atoms with E-state index in [1.807, 2.05) is 19.1 Å². The van der Waals surface area contributed by atoms with Crippen LogP contribution >= 0.6 is 0 Å². The minimum atomic E-state index is 0.155. The normalized spacial score (nSPS) is 17.8. The fourth-order valence-electron chi connectivity index (χ4n) is 3.22. The van der Waals surface area contributed by atoms with Crippen LogP contribution in [-0.4, -0.2) is 46.1 Å². The lowest BCUT2D eigenvalue weighted by Crippen LogP contribution is -2.32. The van der Waals surface area contributed by atoms with Crippen molar-refractivity contribution >= 4 is 0 Å². The van der Waals surface area contributed by atoms with E-state index in [0.29, 0.717) is 5.56 Å². The third kappa shape index (κ3) is 4.44. The van der Waals surface area contributed by atoms with Gasteiger partial charge in [-0.1, -0.05) is 24.2 Å². The average Bonchev–Trinajstić information content (AvgIpc) is 3.02. The van der Waals surface area contributed by atoms with Crippen LogP contribution in [0.1, 0.15) is 49.2 Å². The Balaban J connectivity index is 1.57. The summed E-state index contributed by atoms with van der Waals surface area (Å²) in [5.41, 5.74) is 1.97. The first-order valence-electron chi connectivity index (χ1n) is 8.97. The van der Waals surface area contributed by atoms with E-state index in [9.17, 15) is 0 Å². The van der Waals surface area contributed by atoms with Crippen LogP contribution in [0.4, 0.5) is 0 Å². The number of benzene rings is 1. The van der Waals surface area contributed by atoms with Crippen LogP contribution in [0.2, 0.25) is 0 Å². The summed E-state index contributed by atoms with van der Waals surface area (Å²) in [7, 11) is 0. The Labute approximate surface area is 149 Å². The van der Waals surface area contributed by atoms with Crippen LogP contribution in [0.15, 0.2) is 28.8 Å². The Hall–Kier alpha value is -2.23. The molecule has 132 valence electrons. The molecule has 0 bridgehead atoms. The molecule has 1 aromatic carbocycles. The monoisotopic (exact) mass is 339 g/mol. The molecule has 0 saturated carbocycles. The first-order valence-corrected chi connectivity index (χ1v) is 8.97. The van der Waals surface area contributed by atoms with E-state index in [4.69, 9.17) is 9.78 Å². The van der Waals surface area contributed by atoms with Crippen LogP contribution in [0.25, 0.3) is 0 Å². The van der Waals surface area contributed by atoms with Gasteiger partial charge in [0.2, 0.25) is 5.89 Å². The molecule has 2 heterocycles. The molecular weight excluding hydrogens is 314 g/mol. The SMILES string of the molecule is CCc1noc([C@H](C)N2CCCN(Cc3ccc(C#N)cc3)CC2)n1. The molecule has 25 heavy (non-hydrogen) atoms. The number of aromatic nitrogens is 2. The Morgan fingerprint density at radius 3 is 2.68 bits per heavy atom. The van der Waals surface area contributed by atoms with Gasteiger partial charge in [-0.3, -0.25) is 9.80 Å². The van der Waals surface area contributed by atoms with Gasteiger partial charge in [0.05, 0.1) is 17.7 Å². The van der Waals surface area contributed by atoms with Crippen LogP contribution in [0, 0.1) is 11.3 Å². The van der Waals surface area contributed by atoms with E-state index in [1.54, 1.807) is 0 Å². The van der Waals surface area contributed by atoms with Crippen molar-refractivity contribution in [3.63, 3.8) is 0 Å². The van der Waals surface area contributed by atoms with E-state index >= 15 is 0 Å². The number of aryl methyl sites for hydroxylation is 1. The number of hydrogen-bond acceptors (Lipinski definition) is 6. The molecule has 0 unspecified atom stereocenters. The quantitative estimate of drug-likeness (QED) is 0.834. The van der Waals surface area contributed by atoms with Crippen molar-refractivity contribution in [2.45, 2.75) is 39.3 Å². The van der Waals surface area contributed by atoms with Crippen LogP contribution < -0.4 is 0 Å². The van der Waals surface area contributed by atoms with Gasteiger partial charge in [0.1, 0.15) is 0 Å². The van der Waals surface area contributed by atoms with E-state index < -0.39 is 0 Å². The number of hydrogen-bond donors (Lipinski definition) is 0. The van der Waals surface area contributed by atoms with Gasteiger partial charge in [-0.15, -0.1) is 0 Å². The lowest BCUT2D eigenvalue weighted by Gasteiger charge is -2.25. The molecule has 1 aliphatic rings. The largest absolute Gasteiger partial charge is 0.338 e. The summed E-state index contributed by atoms with van der Waals surface area (Å²) < 4.78 is 5.41. The standard InChI is InChI=1S/C19H25N5O/c1-3-18-21-19(25-22-18)15(2)24-10-4-9-23(11-12-24)14-17-7-5-16(13-20)6-8-17/h5-8,15H,3-4,9-12,14H2,1-2H3/t15-/m0/s1. The van der Waals surface area contributed by atoms with Gasteiger partial charge in [0.15, 0.2) is 5.82 Å². The highest BCUT2D eigenvalue weighted by Crippen LogP contribution is 2.21. The van der Waals surface area contributed by atoms with Crippen molar-refractivity contribution in [3.05, 3.63) is 47.1 Å². The fourth-order valence-corrected chi connectivity index (χ4v) is 3.22. The van der Waals surface area contributed by atoms with Gasteiger partial charge in [0.25, 0.3) is 0 Å². The lowest BCUT2D eigenvalue weighted by molar-refractivity contribution is 0.174. The third-order valence-corrected chi connectivity index (χ3v) is 4.82. The van der Waals surface area contributed by atoms with Gasteiger partial charge in [0, 0.05) is 32.6 Å². The van der Waals surface area contributed by atoms with Crippen molar-refractivity contribution in [3.8, 4) is 6.07 Å². The second-order valence-corrected chi connectivity index (χ2v) is 6.55. The predicted octanol–water partition coefficient (Wildman–Crippen LogP) is 2.77. The molecule has 6 nitrogen and oxygen atoms in total. The molecule has 0 amide bonds. The van der Waals surface area contributed by atoms with E-state index in [1.165, 1.54) is 5.56 Å². The first-order chi connectivity index (χ1) is 12.2. The van der Waals surface area contributed by atoms with E-state index in [2.05, 4.69) is 45.1 Å². The minimum Gasteiger partial charge on any atom is -0.338 e. The van der Waals surface area contributed by atoms with Crippen molar-refractivity contribution in [1.82, 2.24) is 19.9 Å². The zero-order valence-electron chi connectivity index (χ0n) is 15.0. The van der Waals surface area contributed by atoms with Crippen LogP contribution in [0.3, 0.4) is 0 Å². The summed E-state index contributed by atoms with van der Waals surface area (Å²) in [5, 5.41) is 12.9. The van der Waals surface area contributed by atoms with E-state index in [-0.39, 0.29) is 6.04 Å². The molecule has 0 N–H and O–H groups in total. The summed E-state index contributed by atoms with van der Waals surface area (Å²) in [4.78, 5) is 9.37. The Morgan fingerprint density at radius 1 is 1.20 bits per heavy atom. The van der Waals surface area contributed by atoms with E-state index in [0.717, 1.165) is 57.3 Å². The molecular formula is C19H25N5O. The number of nitrogens with zero attached hydrogens (tertiary/aromatic N) is 5. The van der Waals surface area contributed by atoms with Crippen molar-refractivity contribution in [2.24, 2.45) is 0 Å². The van der Waals surface area contributed by atoms with Crippen molar-refractivity contribution in [1.29, 1.82) is 5.26 Å². The predicted molar refractivity (Wildman–Crippen MR) is 94.7 cm³/mol. The highest BCUT2D eigenvalue weighted by atomic mass is 16.5. The molecule has 1 saturated heterocycles. The minimum absolute atomic E-state index is 0.155. The van der Waals surface area contributed by atoms with Gasteiger partial charge >= 0.3 is 0 Å². The lowest BCUT2D eigenvalue weighted by atomic mass is 10.1. The zero-order chi connectivity index (χ0) is 17.6. The summed E-state index contributed by atoms with van der Waals surface area (Å²) in [6, 6.07) is 10.2. The van der Waals surface area contributed by atoms with Crippen molar-refractivity contribution < 1.29 is 4.52 Å². The van der Waals surface area contributed by atoms with Crippen LogP contribution in [0.5, 0.6) is 0 Å². The Morgan fingerprint density at radius 2 is 2.00 bits per heavy atom. The fraction of sp³-hybridized carbons (Fsp3) is 0.526. The van der Waals surface area contributed by atoms with Gasteiger partial charge < -0.3 is 4.52 Å². The summed E-state index contributed by atoms with van der Waals surface area (Å²) >= 11 is 0. The first kappa shape index (κ1) is 17.6. The Bertz CT molecular complexity index is 718. The maximum absolute atomic E-state index is 8.90. The highest BCUT2D eigenvalue weighted by Gasteiger charge is 2.24. The molecule has 6 heteroatoms. The van der Waals surface area contributed by atoms with Crippen LogP contribution in [-0.2, 0) is 13.0 Å². The number of rotatable bonds is 5. The molecule has 0 spiro atoms. The second kappa shape index (κ2) is 8.24. The molecule has 0 radical (unpaired) electrons. The molecule has 3 rings (SSSR count). The molecule has 0 aliphatic carbocycles. The molecule has 1 atom stereocenters. The summed E-state index contributed by atoms with van der Waals surface area (Å²) in [6.45, 7) is 9.21. The van der Waals surface area contributed by atoms with Gasteiger partial charge in [-0.05, 0) is 37.6 Å². The van der Waals surface area contributed by atoms with Gasteiger partial charge in [-0.25, -0.2) is 0 Å². The topological polar surface area (TPSA) is 69.2 Å². The smallest absolute Gasteiger partial charge is 0.243 e. The number of nitriles is 1. The molecule has 1 aliphatic heterocycles. The summed E-state index contributed by atoms with van der Waals surface area (Å²) in [6.07, 6.45) is 1.92. The van der Waals surface area contributed by atoms with Crippen molar-refractivity contribution in [2.75, 3.05) is 26.2 Å². The van der Waals surface area contributed by atoms with Gasteiger partial charge in [-0.2, -0.15) is 10.2 Å². The molecule has 1 fully saturated rings. The molecule has 2 aromatic rings. The molecule has 1 aromatic heterocycles. The maximum atomic E-state index is 8.90. The Kier molecular flexibility index (Phi) is 5.79. The third-order valence-electron chi connectivity index (χ3n) is 4.82. The second-order valence-electron chi connectivity index (χ2n) is 6.55. The highest BCUT2D eigenvalue weighted by molar-refractivity contribution is 5.31. The zero-order valence-corrected chi connectivity index (χ0v) is 15.0. The average molecular weight is 339 g/mol. The summed E-state index contributed by atoms with van der Waals surface area (Å²) in [5.74, 6) is 1.50.